The van der Waals surface area contributed by atoms with Gasteiger partial charge in [-0.1, -0.05) is 166 Å². The molecule has 0 radical (unpaired) electrons. The second-order valence-corrected chi connectivity index (χ2v) is 16.9. The first-order valence-electron chi connectivity index (χ1n) is 23.0. The van der Waals surface area contributed by atoms with Gasteiger partial charge in [-0.25, -0.2) is 4.57 Å². The molecular weight excluding hydrogens is 727 g/mol. The van der Waals surface area contributed by atoms with Crippen LogP contribution in [0.1, 0.15) is 206 Å². The van der Waals surface area contributed by atoms with Crippen LogP contribution in [-0.2, 0) is 27.9 Å². The number of phosphoric ester groups is 1. The quantitative estimate of drug-likeness (QED) is 0.0238. The molecule has 330 valence electrons. The average Bonchev–Trinajstić information content (AvgIpc) is 3.19. The number of ether oxygens (including phenoxy) is 2. The molecule has 9 nitrogen and oxygen atoms in total. The Bertz CT molecular complexity index is 970. The van der Waals surface area contributed by atoms with Crippen LogP contribution in [-0.4, -0.2) is 66.3 Å². The monoisotopic (exact) mass is 815 g/mol. The van der Waals surface area contributed by atoms with E-state index in [0.717, 1.165) is 57.8 Å². The number of allylic oxidation sites excluding steroid dienone is 6. The van der Waals surface area contributed by atoms with Gasteiger partial charge in [-0.05, 0) is 70.6 Å². The van der Waals surface area contributed by atoms with Gasteiger partial charge in [-0.15, -0.1) is 0 Å². The summed E-state index contributed by atoms with van der Waals surface area (Å²) in [6.07, 6.45) is 46.7. The zero-order valence-electron chi connectivity index (χ0n) is 36.1. The zero-order chi connectivity index (χ0) is 41.1. The van der Waals surface area contributed by atoms with Crippen molar-refractivity contribution >= 4 is 13.8 Å². The SMILES string of the molecule is CCCCC/C=C\C/C=C\CCCCCCCC(=O)OC(COCCCCCCCCCCCC/C=C\CCCCCCCC)COP(=O)(O)OCC(O)CO. The molecule has 0 aromatic heterocycles. The number of phosphoric acid groups is 1. The molecule has 0 spiro atoms. The molecule has 3 atom stereocenters. The number of aliphatic hydroxyl groups excluding tert-OH is 2. The van der Waals surface area contributed by atoms with Crippen molar-refractivity contribution in [2.24, 2.45) is 0 Å². The maximum atomic E-state index is 12.6. The lowest BCUT2D eigenvalue weighted by Gasteiger charge is -2.20. The van der Waals surface area contributed by atoms with Gasteiger partial charge >= 0.3 is 13.8 Å². The number of carbonyl (C=O) groups excluding carboxylic acids is 1. The standard InChI is InChI=1S/C46H87O9P/c1-3-5-7-9-11-13-15-17-19-20-21-22-23-25-27-29-31-33-35-37-39-52-42-45(43-54-56(50,51)53-41-44(48)40-47)55-46(49)38-36-34-32-30-28-26-24-18-16-14-12-10-8-6-4-2/h12,14,17-19,24,44-45,47-48H,3-11,13,15-16,20-23,25-43H2,1-2H3,(H,50,51)/b14-12-,19-17-,24-18-. The molecule has 0 aromatic carbocycles. The molecule has 0 rings (SSSR count). The summed E-state index contributed by atoms with van der Waals surface area (Å²) >= 11 is 0. The van der Waals surface area contributed by atoms with E-state index in [2.05, 4.69) is 50.3 Å². The Kier molecular flexibility index (Phi) is 42.2. The largest absolute Gasteiger partial charge is 0.472 e. The number of carbonyl (C=O) groups is 1. The third-order valence-corrected chi connectivity index (χ3v) is 10.7. The molecule has 0 aromatic rings. The fourth-order valence-electron chi connectivity index (χ4n) is 6.26. The minimum Gasteiger partial charge on any atom is -0.457 e. The number of hydrogen-bond donors (Lipinski definition) is 3. The maximum Gasteiger partial charge on any atom is 0.472 e. The summed E-state index contributed by atoms with van der Waals surface area (Å²) in [6.45, 7) is 3.48. The van der Waals surface area contributed by atoms with E-state index in [0.29, 0.717) is 13.0 Å². The van der Waals surface area contributed by atoms with Crippen molar-refractivity contribution in [3.05, 3.63) is 36.5 Å². The molecule has 0 saturated carbocycles. The summed E-state index contributed by atoms with van der Waals surface area (Å²) in [4.78, 5) is 22.6. The molecule has 0 fully saturated rings. The number of esters is 1. The lowest BCUT2D eigenvalue weighted by molar-refractivity contribution is -0.154. The molecule has 3 N–H and O–H groups in total. The van der Waals surface area contributed by atoms with Gasteiger partial charge in [-0.3, -0.25) is 13.8 Å². The highest BCUT2D eigenvalue weighted by atomic mass is 31.2. The Morgan fingerprint density at radius 2 is 0.964 bits per heavy atom. The second-order valence-electron chi connectivity index (χ2n) is 15.4. The van der Waals surface area contributed by atoms with Gasteiger partial charge in [0.2, 0.25) is 0 Å². The Labute approximate surface area is 344 Å². The fraction of sp³-hybridized carbons (Fsp3) is 0.848. The van der Waals surface area contributed by atoms with E-state index in [1.54, 1.807) is 0 Å². The highest BCUT2D eigenvalue weighted by molar-refractivity contribution is 7.47. The molecule has 0 aliphatic heterocycles. The molecule has 10 heteroatoms. The summed E-state index contributed by atoms with van der Waals surface area (Å²) in [5.41, 5.74) is 0. The molecule has 0 aliphatic rings. The van der Waals surface area contributed by atoms with Crippen molar-refractivity contribution in [3.63, 3.8) is 0 Å². The van der Waals surface area contributed by atoms with Gasteiger partial charge in [0.25, 0.3) is 0 Å². The topological polar surface area (TPSA) is 132 Å². The fourth-order valence-corrected chi connectivity index (χ4v) is 7.05. The first-order valence-corrected chi connectivity index (χ1v) is 24.5. The van der Waals surface area contributed by atoms with Gasteiger partial charge in [0.05, 0.1) is 26.4 Å². The minimum atomic E-state index is -4.52. The number of hydrogen-bond acceptors (Lipinski definition) is 8. The highest BCUT2D eigenvalue weighted by Crippen LogP contribution is 2.43. The van der Waals surface area contributed by atoms with Crippen LogP contribution in [0.25, 0.3) is 0 Å². The summed E-state index contributed by atoms with van der Waals surface area (Å²) < 4.78 is 33.4. The van der Waals surface area contributed by atoms with Crippen LogP contribution in [0.15, 0.2) is 36.5 Å². The third kappa shape index (κ3) is 42.3. The van der Waals surface area contributed by atoms with E-state index in [1.807, 2.05) is 0 Å². The average molecular weight is 815 g/mol. The summed E-state index contributed by atoms with van der Waals surface area (Å²) in [5.74, 6) is -0.395. The van der Waals surface area contributed by atoms with Crippen LogP contribution in [0.4, 0.5) is 0 Å². The Hall–Kier alpha value is -1.32. The molecular formula is C46H87O9P. The van der Waals surface area contributed by atoms with Crippen LogP contribution in [0, 0.1) is 0 Å². The van der Waals surface area contributed by atoms with E-state index in [1.165, 1.54) is 122 Å². The number of rotatable bonds is 44. The lowest BCUT2D eigenvalue weighted by Crippen LogP contribution is -2.29. The highest BCUT2D eigenvalue weighted by Gasteiger charge is 2.26. The van der Waals surface area contributed by atoms with Gasteiger partial charge < -0.3 is 24.6 Å². The van der Waals surface area contributed by atoms with E-state index in [-0.39, 0.29) is 19.6 Å². The Balaban J connectivity index is 4.13. The Morgan fingerprint density at radius 3 is 1.48 bits per heavy atom. The van der Waals surface area contributed by atoms with Crippen molar-refractivity contribution in [1.29, 1.82) is 0 Å². The molecule has 3 unspecified atom stereocenters. The van der Waals surface area contributed by atoms with Gasteiger partial charge in [0.15, 0.2) is 0 Å². The first kappa shape index (κ1) is 54.7. The predicted molar refractivity (Wildman–Crippen MR) is 233 cm³/mol. The molecule has 0 saturated heterocycles. The second kappa shape index (κ2) is 43.3. The van der Waals surface area contributed by atoms with Crippen LogP contribution >= 0.6 is 7.82 Å². The minimum absolute atomic E-state index is 0.0437. The summed E-state index contributed by atoms with van der Waals surface area (Å²) in [5, 5.41) is 18.4. The number of unbranched alkanes of at least 4 members (excludes halogenated alkanes) is 24. The van der Waals surface area contributed by atoms with Crippen molar-refractivity contribution < 1.29 is 43.0 Å². The van der Waals surface area contributed by atoms with Crippen LogP contribution in [0.2, 0.25) is 0 Å². The first-order chi connectivity index (χ1) is 27.3. The summed E-state index contributed by atoms with van der Waals surface area (Å²) in [7, 11) is -4.52. The summed E-state index contributed by atoms with van der Waals surface area (Å²) in [6, 6.07) is 0. The predicted octanol–water partition coefficient (Wildman–Crippen LogP) is 12.8. The lowest BCUT2D eigenvalue weighted by atomic mass is 10.1. The van der Waals surface area contributed by atoms with Crippen molar-refractivity contribution in [2.45, 2.75) is 219 Å². The van der Waals surface area contributed by atoms with Gasteiger partial charge in [0.1, 0.15) is 12.2 Å². The van der Waals surface area contributed by atoms with Gasteiger partial charge in [-0.2, -0.15) is 0 Å². The van der Waals surface area contributed by atoms with E-state index in [4.69, 9.17) is 23.6 Å². The van der Waals surface area contributed by atoms with E-state index >= 15 is 0 Å². The smallest absolute Gasteiger partial charge is 0.457 e. The molecule has 0 amide bonds. The van der Waals surface area contributed by atoms with Gasteiger partial charge in [0, 0.05) is 13.0 Å². The van der Waals surface area contributed by atoms with Crippen LogP contribution in [0.5, 0.6) is 0 Å². The van der Waals surface area contributed by atoms with Crippen LogP contribution in [0.3, 0.4) is 0 Å². The van der Waals surface area contributed by atoms with E-state index < -0.39 is 39.2 Å². The third-order valence-electron chi connectivity index (χ3n) is 9.80. The molecule has 0 aliphatic carbocycles. The maximum absolute atomic E-state index is 12.6. The number of aliphatic hydroxyl groups is 2. The zero-order valence-corrected chi connectivity index (χ0v) is 37.0. The van der Waals surface area contributed by atoms with Crippen molar-refractivity contribution in [1.82, 2.24) is 0 Å². The Morgan fingerprint density at radius 1 is 0.554 bits per heavy atom. The normalized spacial score (nSPS) is 14.3. The van der Waals surface area contributed by atoms with Crippen LogP contribution < -0.4 is 0 Å². The molecule has 0 heterocycles. The van der Waals surface area contributed by atoms with E-state index in [9.17, 15) is 19.4 Å². The molecule has 56 heavy (non-hydrogen) atoms. The van der Waals surface area contributed by atoms with Crippen molar-refractivity contribution in [2.75, 3.05) is 33.0 Å². The molecule has 0 bridgehead atoms. The van der Waals surface area contributed by atoms with Crippen molar-refractivity contribution in [3.8, 4) is 0 Å².